The monoisotopic (exact) mass is 270 g/mol. The van der Waals surface area contributed by atoms with E-state index < -0.39 is 5.56 Å². The van der Waals surface area contributed by atoms with Crippen molar-refractivity contribution in [3.63, 3.8) is 0 Å². The van der Waals surface area contributed by atoms with E-state index in [0.717, 1.165) is 0 Å². The van der Waals surface area contributed by atoms with Gasteiger partial charge in [-0.1, -0.05) is 40.4 Å². The van der Waals surface area contributed by atoms with Gasteiger partial charge >= 0.3 is 5.56 Å². The lowest BCUT2D eigenvalue weighted by atomic mass is 10.3. The first kappa shape index (κ1) is 9.39. The van der Waals surface area contributed by atoms with Gasteiger partial charge in [-0.3, -0.25) is 0 Å². The van der Waals surface area contributed by atoms with Gasteiger partial charge < -0.3 is 4.43 Å². The van der Waals surface area contributed by atoms with Gasteiger partial charge in [0.05, 0.1) is 0 Å². The quantitative estimate of drug-likeness (QED) is 0.592. The molecule has 0 radical (unpaired) electrons. The third kappa shape index (κ3) is 4.01. The first-order chi connectivity index (χ1) is 5.08. The second-order valence-electron chi connectivity index (χ2n) is 1.86. The molecule has 1 aromatic carbocycles. The van der Waals surface area contributed by atoms with E-state index in [0.29, 0.717) is 5.75 Å². The van der Waals surface area contributed by atoms with E-state index in [9.17, 15) is 0 Å². The van der Waals surface area contributed by atoms with Crippen LogP contribution >= 0.6 is 37.5 Å². The average molecular weight is 272 g/mol. The lowest BCUT2D eigenvalue weighted by Crippen LogP contribution is -2.19. The molecule has 0 saturated heterocycles. The van der Waals surface area contributed by atoms with Crippen LogP contribution in [0.4, 0.5) is 0 Å². The molecule has 0 aliphatic carbocycles. The lowest BCUT2D eigenvalue weighted by Gasteiger charge is -2.10. The van der Waals surface area contributed by atoms with Crippen LogP contribution in [0.2, 0.25) is 0 Å². The van der Waals surface area contributed by atoms with Crippen LogP contribution in [0.1, 0.15) is 0 Å². The van der Waals surface area contributed by atoms with E-state index in [1.807, 2.05) is 18.2 Å². The van der Waals surface area contributed by atoms with E-state index in [-0.39, 0.29) is 0 Å². The molecule has 1 aromatic rings. The van der Waals surface area contributed by atoms with E-state index in [4.69, 9.17) is 26.6 Å². The molecule has 0 unspecified atom stereocenters. The highest BCUT2D eigenvalue weighted by molar-refractivity contribution is 9.28. The summed E-state index contributed by atoms with van der Waals surface area (Å²) < 4.78 is 5.19. The highest BCUT2D eigenvalue weighted by Gasteiger charge is 2.28. The molecule has 60 valence electrons. The predicted octanol–water partition coefficient (Wildman–Crippen LogP) is 3.37. The molecule has 0 saturated carbocycles. The van der Waals surface area contributed by atoms with Crippen molar-refractivity contribution in [2.24, 2.45) is 0 Å². The summed E-state index contributed by atoms with van der Waals surface area (Å²) in [7, 11) is 0. The summed E-state index contributed by atoms with van der Waals surface area (Å²) in [6, 6.07) is 9.21. The van der Waals surface area contributed by atoms with Crippen LogP contribution < -0.4 is 4.43 Å². The summed E-state index contributed by atoms with van der Waals surface area (Å²) in [5, 5.41) is 0. The van der Waals surface area contributed by atoms with Gasteiger partial charge in [-0.25, -0.2) is 0 Å². The van der Waals surface area contributed by atoms with Crippen LogP contribution in [-0.2, 0) is 0 Å². The Morgan fingerprint density at radius 3 is 2.18 bits per heavy atom. The number of benzene rings is 1. The molecule has 0 heterocycles. The van der Waals surface area contributed by atoms with E-state index in [1.54, 1.807) is 12.1 Å². The van der Waals surface area contributed by atoms with Crippen molar-refractivity contribution in [2.75, 3.05) is 0 Å². The Morgan fingerprint density at radius 2 is 1.73 bits per heavy atom. The van der Waals surface area contributed by atoms with E-state index in [2.05, 4.69) is 15.3 Å². The van der Waals surface area contributed by atoms with Gasteiger partial charge in [0.2, 0.25) is 0 Å². The number of rotatable bonds is 2. The number of hydrogen-bond donors (Lipinski definition) is 0. The number of halogens is 3. The zero-order valence-corrected chi connectivity index (χ0v) is 9.53. The topological polar surface area (TPSA) is 9.23 Å². The second-order valence-corrected chi connectivity index (χ2v) is 12.8. The molecule has 11 heavy (non-hydrogen) atoms. The predicted molar refractivity (Wildman–Crippen MR) is 53.5 cm³/mol. The molecule has 0 spiro atoms. The largest absolute Gasteiger partial charge is 0.525 e. The second kappa shape index (κ2) is 3.80. The van der Waals surface area contributed by atoms with Crippen LogP contribution in [-0.4, -0.2) is 5.56 Å². The van der Waals surface area contributed by atoms with Gasteiger partial charge in [-0.15, -0.1) is 0 Å². The molecular weight excluding hydrogens is 267 g/mol. The van der Waals surface area contributed by atoms with Gasteiger partial charge in [0, 0.05) is 0 Å². The minimum absolute atomic E-state index is 0.682. The van der Waals surface area contributed by atoms with Crippen molar-refractivity contribution < 1.29 is 4.43 Å². The standard InChI is InChI=1S/C6H5BrCl2OSi/c7-11(8,9)10-6-4-2-1-3-5-6/h1-5H. The average Bonchev–Trinajstić information content (AvgIpc) is 1.85. The van der Waals surface area contributed by atoms with Crippen molar-refractivity contribution >= 4 is 43.0 Å². The van der Waals surface area contributed by atoms with Crippen LogP contribution in [0, 0.1) is 0 Å². The molecule has 1 rings (SSSR count). The Labute approximate surface area is 83.4 Å². The summed E-state index contributed by atoms with van der Waals surface area (Å²) >= 11 is 14.4. The molecule has 0 N–H and O–H groups in total. The van der Waals surface area contributed by atoms with Crippen LogP contribution in [0.15, 0.2) is 30.3 Å². The highest BCUT2D eigenvalue weighted by Crippen LogP contribution is 2.26. The summed E-state index contributed by atoms with van der Waals surface area (Å²) in [4.78, 5) is 0. The Hall–Kier alpha value is 0.297. The van der Waals surface area contributed by atoms with Gasteiger partial charge in [-0.05, 0) is 27.4 Å². The maximum absolute atomic E-state index is 5.67. The van der Waals surface area contributed by atoms with Gasteiger partial charge in [0.15, 0.2) is 0 Å². The van der Waals surface area contributed by atoms with Crippen LogP contribution in [0.25, 0.3) is 0 Å². The Bertz CT molecular complexity index is 224. The van der Waals surface area contributed by atoms with Crippen molar-refractivity contribution in [1.82, 2.24) is 0 Å². The van der Waals surface area contributed by atoms with Gasteiger partial charge in [0.1, 0.15) is 5.75 Å². The third-order valence-electron chi connectivity index (χ3n) is 0.977. The normalized spacial score (nSPS) is 11.2. The summed E-state index contributed by atoms with van der Waals surface area (Å²) in [6.45, 7) is 0. The molecule has 0 amide bonds. The minimum atomic E-state index is -2.64. The zero-order valence-electron chi connectivity index (χ0n) is 5.43. The number of hydrogen-bond acceptors (Lipinski definition) is 1. The zero-order chi connectivity index (χ0) is 8.32. The van der Waals surface area contributed by atoms with Crippen molar-refractivity contribution in [2.45, 2.75) is 0 Å². The molecule has 1 nitrogen and oxygen atoms in total. The molecule has 5 heteroatoms. The van der Waals surface area contributed by atoms with Crippen LogP contribution in [0.3, 0.4) is 0 Å². The summed E-state index contributed by atoms with van der Waals surface area (Å²) in [5.41, 5.74) is -2.64. The Morgan fingerprint density at radius 1 is 1.18 bits per heavy atom. The summed E-state index contributed by atoms with van der Waals surface area (Å²) in [5.74, 6) is 0.682. The molecular formula is C6H5BrCl2OSi. The smallest absolute Gasteiger partial charge is 0.511 e. The molecule has 0 aliphatic rings. The Kier molecular flexibility index (Phi) is 3.25. The maximum atomic E-state index is 5.67. The molecule has 0 aliphatic heterocycles. The van der Waals surface area contributed by atoms with Crippen molar-refractivity contribution in [3.8, 4) is 5.75 Å². The van der Waals surface area contributed by atoms with Gasteiger partial charge in [-0.2, -0.15) is 0 Å². The fourth-order valence-electron chi connectivity index (χ4n) is 0.622. The fourth-order valence-corrected chi connectivity index (χ4v) is 2.12. The summed E-state index contributed by atoms with van der Waals surface area (Å²) in [6.07, 6.45) is 0. The molecule has 0 atom stereocenters. The van der Waals surface area contributed by atoms with Gasteiger partial charge in [0.25, 0.3) is 0 Å². The molecule has 0 bridgehead atoms. The molecule has 0 aromatic heterocycles. The maximum Gasteiger partial charge on any atom is 0.525 e. The van der Waals surface area contributed by atoms with E-state index in [1.165, 1.54) is 0 Å². The lowest BCUT2D eigenvalue weighted by molar-refractivity contribution is 0.599. The SMILES string of the molecule is Cl[Si](Cl)(Br)Oc1ccccc1. The molecule has 0 fully saturated rings. The van der Waals surface area contributed by atoms with Crippen LogP contribution in [0.5, 0.6) is 5.75 Å². The van der Waals surface area contributed by atoms with Crippen molar-refractivity contribution in [3.05, 3.63) is 30.3 Å². The van der Waals surface area contributed by atoms with E-state index >= 15 is 0 Å². The Balaban J connectivity index is 2.66. The highest BCUT2D eigenvalue weighted by atomic mass is 79.9. The van der Waals surface area contributed by atoms with Crippen molar-refractivity contribution in [1.29, 1.82) is 0 Å². The minimum Gasteiger partial charge on any atom is -0.511 e. The third-order valence-corrected chi connectivity index (χ3v) is 2.39. The fraction of sp³-hybridized carbons (Fsp3) is 0. The first-order valence-corrected chi connectivity index (χ1v) is 9.07. The first-order valence-electron chi connectivity index (χ1n) is 2.89. The number of para-hydroxylation sites is 1.